The van der Waals surface area contributed by atoms with Gasteiger partial charge in [-0.25, -0.2) is 4.39 Å². The molecule has 2 heteroatoms. The van der Waals surface area contributed by atoms with Gasteiger partial charge < -0.3 is 5.32 Å². The first-order valence-electron chi connectivity index (χ1n) is 7.26. The van der Waals surface area contributed by atoms with Crippen molar-refractivity contribution in [2.45, 2.75) is 43.9 Å². The zero-order valence-corrected chi connectivity index (χ0v) is 10.9. The van der Waals surface area contributed by atoms with Gasteiger partial charge in [0.15, 0.2) is 0 Å². The fourth-order valence-electron chi connectivity index (χ4n) is 3.60. The number of halogens is 1. The molecule has 98 valence electrons. The van der Waals surface area contributed by atoms with Gasteiger partial charge in [-0.05, 0) is 30.4 Å². The summed E-state index contributed by atoms with van der Waals surface area (Å²) >= 11 is 0. The van der Waals surface area contributed by atoms with Gasteiger partial charge in [0, 0.05) is 18.5 Å². The average Bonchev–Trinajstić information content (AvgIpc) is 2.83. The molecule has 0 spiro atoms. The SMILES string of the molecule is Fc1ccccc1C1(CCC2CCCC2)CNC1. The van der Waals surface area contributed by atoms with Gasteiger partial charge in [0.2, 0.25) is 0 Å². The van der Waals surface area contributed by atoms with Crippen LogP contribution < -0.4 is 5.32 Å². The summed E-state index contributed by atoms with van der Waals surface area (Å²) in [6.07, 6.45) is 7.99. The van der Waals surface area contributed by atoms with Crippen molar-refractivity contribution in [1.82, 2.24) is 5.32 Å². The van der Waals surface area contributed by atoms with Crippen LogP contribution in [0.2, 0.25) is 0 Å². The zero-order valence-electron chi connectivity index (χ0n) is 10.9. The Hall–Kier alpha value is -0.890. The van der Waals surface area contributed by atoms with Crippen LogP contribution in [-0.4, -0.2) is 13.1 Å². The number of hydrogen-bond donors (Lipinski definition) is 1. The van der Waals surface area contributed by atoms with Crippen LogP contribution in [-0.2, 0) is 5.41 Å². The van der Waals surface area contributed by atoms with Crippen molar-refractivity contribution in [3.8, 4) is 0 Å². The van der Waals surface area contributed by atoms with E-state index in [4.69, 9.17) is 0 Å². The maximum absolute atomic E-state index is 14.0. The van der Waals surface area contributed by atoms with Gasteiger partial charge in [-0.3, -0.25) is 0 Å². The van der Waals surface area contributed by atoms with E-state index >= 15 is 0 Å². The predicted octanol–water partition coefficient (Wildman–Crippen LogP) is 3.64. The van der Waals surface area contributed by atoms with Gasteiger partial charge in [-0.15, -0.1) is 0 Å². The summed E-state index contributed by atoms with van der Waals surface area (Å²) in [4.78, 5) is 0. The van der Waals surface area contributed by atoms with E-state index in [1.165, 1.54) is 32.1 Å². The fraction of sp³-hybridized carbons (Fsp3) is 0.625. The Kier molecular flexibility index (Phi) is 3.38. The monoisotopic (exact) mass is 247 g/mol. The van der Waals surface area contributed by atoms with Crippen molar-refractivity contribution in [3.63, 3.8) is 0 Å². The molecule has 0 aromatic heterocycles. The first kappa shape index (κ1) is 12.2. The van der Waals surface area contributed by atoms with E-state index in [9.17, 15) is 4.39 Å². The van der Waals surface area contributed by atoms with Crippen molar-refractivity contribution in [1.29, 1.82) is 0 Å². The summed E-state index contributed by atoms with van der Waals surface area (Å²) in [5, 5.41) is 3.34. The van der Waals surface area contributed by atoms with E-state index in [-0.39, 0.29) is 11.2 Å². The second kappa shape index (κ2) is 5.00. The Morgan fingerprint density at radius 2 is 1.89 bits per heavy atom. The number of rotatable bonds is 4. The topological polar surface area (TPSA) is 12.0 Å². The van der Waals surface area contributed by atoms with Gasteiger partial charge in [0.25, 0.3) is 0 Å². The largest absolute Gasteiger partial charge is 0.315 e. The Bertz CT molecular complexity index is 405. The van der Waals surface area contributed by atoms with Crippen molar-refractivity contribution in [2.75, 3.05) is 13.1 Å². The first-order chi connectivity index (χ1) is 8.80. The minimum Gasteiger partial charge on any atom is -0.315 e. The lowest BCUT2D eigenvalue weighted by Crippen LogP contribution is -2.57. The lowest BCUT2D eigenvalue weighted by atomic mass is 9.70. The molecule has 2 fully saturated rings. The Labute approximate surface area is 109 Å². The molecule has 2 aliphatic rings. The van der Waals surface area contributed by atoms with E-state index in [0.29, 0.717) is 0 Å². The van der Waals surface area contributed by atoms with Gasteiger partial charge in [0.1, 0.15) is 5.82 Å². The summed E-state index contributed by atoms with van der Waals surface area (Å²) in [6.45, 7) is 1.89. The van der Waals surface area contributed by atoms with Crippen molar-refractivity contribution in [2.24, 2.45) is 5.92 Å². The van der Waals surface area contributed by atoms with Crippen molar-refractivity contribution in [3.05, 3.63) is 35.6 Å². The molecule has 1 aliphatic heterocycles. The number of nitrogens with one attached hydrogen (secondary N) is 1. The van der Waals surface area contributed by atoms with Crippen LogP contribution in [0.3, 0.4) is 0 Å². The quantitative estimate of drug-likeness (QED) is 0.856. The van der Waals surface area contributed by atoms with Crippen LogP contribution in [0.25, 0.3) is 0 Å². The highest BCUT2D eigenvalue weighted by molar-refractivity contribution is 5.31. The van der Waals surface area contributed by atoms with Crippen LogP contribution in [0.4, 0.5) is 4.39 Å². The van der Waals surface area contributed by atoms with Crippen molar-refractivity contribution < 1.29 is 4.39 Å². The molecule has 1 aromatic rings. The van der Waals surface area contributed by atoms with Crippen LogP contribution in [0, 0.1) is 11.7 Å². The molecule has 0 radical (unpaired) electrons. The average molecular weight is 247 g/mol. The molecule has 18 heavy (non-hydrogen) atoms. The maximum Gasteiger partial charge on any atom is 0.127 e. The van der Waals surface area contributed by atoms with Gasteiger partial charge in [0.05, 0.1) is 0 Å². The van der Waals surface area contributed by atoms with Crippen LogP contribution >= 0.6 is 0 Å². The highest BCUT2D eigenvalue weighted by Gasteiger charge is 2.40. The molecule has 0 bridgehead atoms. The summed E-state index contributed by atoms with van der Waals surface area (Å²) in [7, 11) is 0. The van der Waals surface area contributed by atoms with Crippen LogP contribution in [0.5, 0.6) is 0 Å². The second-order valence-corrected chi connectivity index (χ2v) is 6.05. The molecule has 0 atom stereocenters. The third-order valence-electron chi connectivity index (χ3n) is 4.88. The first-order valence-corrected chi connectivity index (χ1v) is 7.26. The molecule has 1 aromatic carbocycles. The van der Waals surface area contributed by atoms with E-state index in [1.54, 1.807) is 12.1 Å². The molecule has 1 saturated carbocycles. The molecule has 0 amide bonds. The standard InChI is InChI=1S/C16H22FN/c17-15-8-4-3-7-14(15)16(11-18-12-16)10-9-13-5-1-2-6-13/h3-4,7-8,13,18H,1-2,5-6,9-12H2. The minimum absolute atomic E-state index is 0.0228. The molecule has 1 heterocycles. The van der Waals surface area contributed by atoms with E-state index in [0.717, 1.165) is 31.0 Å². The Balaban J connectivity index is 1.71. The Morgan fingerprint density at radius 1 is 1.17 bits per heavy atom. The maximum atomic E-state index is 14.0. The molecule has 1 nitrogen and oxygen atoms in total. The summed E-state index contributed by atoms with van der Waals surface area (Å²) < 4.78 is 14.0. The van der Waals surface area contributed by atoms with Gasteiger partial charge in [-0.1, -0.05) is 43.9 Å². The Morgan fingerprint density at radius 3 is 2.50 bits per heavy atom. The van der Waals surface area contributed by atoms with Crippen molar-refractivity contribution >= 4 is 0 Å². The lowest BCUT2D eigenvalue weighted by Gasteiger charge is -2.44. The molecule has 1 saturated heterocycles. The van der Waals surface area contributed by atoms with E-state index in [1.807, 2.05) is 12.1 Å². The third kappa shape index (κ3) is 2.18. The molecule has 1 N–H and O–H groups in total. The predicted molar refractivity (Wildman–Crippen MR) is 72.1 cm³/mol. The van der Waals surface area contributed by atoms with E-state index in [2.05, 4.69) is 5.32 Å². The van der Waals surface area contributed by atoms with E-state index < -0.39 is 0 Å². The smallest absolute Gasteiger partial charge is 0.127 e. The molecule has 0 unspecified atom stereocenters. The summed E-state index contributed by atoms with van der Waals surface area (Å²) in [5.74, 6) is 0.875. The van der Waals surface area contributed by atoms with Crippen LogP contribution in [0.1, 0.15) is 44.1 Å². The minimum atomic E-state index is -0.0228. The summed E-state index contributed by atoms with van der Waals surface area (Å²) in [5.41, 5.74) is 1.01. The lowest BCUT2D eigenvalue weighted by molar-refractivity contribution is 0.229. The normalized spacial score (nSPS) is 22.9. The number of hydrogen-bond acceptors (Lipinski definition) is 1. The molecule has 3 rings (SSSR count). The van der Waals surface area contributed by atoms with Crippen LogP contribution in [0.15, 0.2) is 24.3 Å². The van der Waals surface area contributed by atoms with Gasteiger partial charge >= 0.3 is 0 Å². The second-order valence-electron chi connectivity index (χ2n) is 6.05. The fourth-order valence-corrected chi connectivity index (χ4v) is 3.60. The zero-order chi connectivity index (χ0) is 12.4. The molecular formula is C16H22FN. The third-order valence-corrected chi connectivity index (χ3v) is 4.88. The highest BCUT2D eigenvalue weighted by Crippen LogP contribution is 2.38. The highest BCUT2D eigenvalue weighted by atomic mass is 19.1. The van der Waals surface area contributed by atoms with Gasteiger partial charge in [-0.2, -0.15) is 0 Å². The number of benzene rings is 1. The molecular weight excluding hydrogens is 225 g/mol. The molecule has 1 aliphatic carbocycles. The summed E-state index contributed by atoms with van der Waals surface area (Å²) in [6, 6.07) is 7.33.